The van der Waals surface area contributed by atoms with Gasteiger partial charge in [-0.1, -0.05) is 43.5 Å². The summed E-state index contributed by atoms with van der Waals surface area (Å²) in [5, 5.41) is 11.5. The molecule has 3 rings (SSSR count). The van der Waals surface area contributed by atoms with Crippen molar-refractivity contribution in [2.24, 2.45) is 5.41 Å². The molecule has 1 aliphatic carbocycles. The van der Waals surface area contributed by atoms with Crippen LogP contribution >= 0.6 is 11.6 Å². The highest BCUT2D eigenvalue weighted by Crippen LogP contribution is 2.46. The number of carbonyl (C=O) groups is 1. The van der Waals surface area contributed by atoms with Crippen molar-refractivity contribution >= 4 is 32.8 Å². The number of sulfone groups is 1. The Balaban J connectivity index is 2.16. The summed E-state index contributed by atoms with van der Waals surface area (Å²) in [6.07, 6.45) is 4.91. The molecule has 160 valence electrons. The molecule has 1 saturated carbocycles. The Labute approximate surface area is 183 Å². The van der Waals surface area contributed by atoms with Gasteiger partial charge in [-0.25, -0.2) is 8.42 Å². The molecule has 4 nitrogen and oxygen atoms in total. The van der Waals surface area contributed by atoms with Crippen LogP contribution < -0.4 is 0 Å². The number of allylic oxidation sites excluding steroid dienone is 2. The largest absolute Gasteiger partial charge is 0.511 e. The lowest BCUT2D eigenvalue weighted by atomic mass is 9.81. The highest BCUT2D eigenvalue weighted by Gasteiger charge is 2.36. The molecular weight excluding hydrogens is 420 g/mol. The van der Waals surface area contributed by atoms with Crippen LogP contribution in [0.5, 0.6) is 0 Å². The standard InChI is InChI=1S/C24H27ClO4S/c1-15-12-20(17-8-7-9-18(13-17)30(4,28)29)21(25)14-19(15)22(16(2)26)23(27)24(3)10-5-6-11-24/h7-9,12-14,27H,5-6,10-11H2,1-4H3/b23-22-. The van der Waals surface area contributed by atoms with E-state index in [1.54, 1.807) is 30.3 Å². The van der Waals surface area contributed by atoms with Crippen molar-refractivity contribution in [3.05, 3.63) is 58.3 Å². The van der Waals surface area contributed by atoms with Crippen LogP contribution in [0.1, 0.15) is 50.7 Å². The third kappa shape index (κ3) is 4.33. The number of carbonyl (C=O) groups excluding carboxylic acids is 1. The molecule has 0 aliphatic heterocycles. The lowest BCUT2D eigenvalue weighted by Crippen LogP contribution is -2.18. The van der Waals surface area contributed by atoms with Crippen molar-refractivity contribution in [2.45, 2.75) is 51.3 Å². The lowest BCUT2D eigenvalue weighted by molar-refractivity contribution is -0.112. The Bertz CT molecular complexity index is 1140. The molecule has 1 fully saturated rings. The Morgan fingerprint density at radius 1 is 1.13 bits per heavy atom. The smallest absolute Gasteiger partial charge is 0.175 e. The molecule has 1 N–H and O–H groups in total. The first-order chi connectivity index (χ1) is 13.9. The molecule has 0 radical (unpaired) electrons. The van der Waals surface area contributed by atoms with Crippen molar-refractivity contribution in [2.75, 3.05) is 6.26 Å². The summed E-state index contributed by atoms with van der Waals surface area (Å²) in [6, 6.07) is 10.2. The van der Waals surface area contributed by atoms with Gasteiger partial charge in [0, 0.05) is 22.3 Å². The maximum atomic E-state index is 12.5. The van der Waals surface area contributed by atoms with E-state index in [0.717, 1.165) is 31.2 Å². The van der Waals surface area contributed by atoms with E-state index in [1.165, 1.54) is 13.2 Å². The minimum atomic E-state index is -3.34. The molecule has 0 amide bonds. The second kappa shape index (κ2) is 8.20. The first-order valence-corrected chi connectivity index (χ1v) is 12.3. The summed E-state index contributed by atoms with van der Waals surface area (Å²) in [7, 11) is -3.34. The Morgan fingerprint density at radius 3 is 2.33 bits per heavy atom. The zero-order valence-corrected chi connectivity index (χ0v) is 19.3. The number of aliphatic hydroxyl groups excluding tert-OH is 1. The fourth-order valence-electron chi connectivity index (χ4n) is 4.24. The number of aliphatic hydroxyl groups is 1. The van der Waals surface area contributed by atoms with Crippen LogP contribution in [0.15, 0.2) is 47.1 Å². The molecular formula is C24H27ClO4S. The normalized spacial score (nSPS) is 17.0. The van der Waals surface area contributed by atoms with Crippen molar-refractivity contribution in [3.8, 4) is 11.1 Å². The summed E-state index contributed by atoms with van der Waals surface area (Å²) in [5.41, 5.74) is 2.67. The summed E-state index contributed by atoms with van der Waals surface area (Å²) in [5.74, 6) is -0.0647. The lowest BCUT2D eigenvalue weighted by Gasteiger charge is -2.26. The van der Waals surface area contributed by atoms with Gasteiger partial charge in [0.05, 0.1) is 10.5 Å². The number of ketones is 1. The predicted octanol–water partition coefficient (Wildman–Crippen LogP) is 6.16. The average molecular weight is 447 g/mol. The van der Waals surface area contributed by atoms with Crippen LogP contribution in [0.25, 0.3) is 16.7 Å². The SMILES string of the molecule is CC(=O)/C(=C(/O)C1(C)CCCC1)c1cc(Cl)c(-c2cccc(S(C)(=O)=O)c2)cc1C. The van der Waals surface area contributed by atoms with Gasteiger partial charge >= 0.3 is 0 Å². The second-order valence-electron chi connectivity index (χ2n) is 8.49. The molecule has 1 aliphatic rings. The summed E-state index contributed by atoms with van der Waals surface area (Å²) in [6.45, 7) is 5.32. The monoisotopic (exact) mass is 446 g/mol. The van der Waals surface area contributed by atoms with Gasteiger partial charge in [0.25, 0.3) is 0 Å². The van der Waals surface area contributed by atoms with E-state index < -0.39 is 15.3 Å². The molecule has 0 spiro atoms. The molecule has 6 heteroatoms. The maximum absolute atomic E-state index is 12.5. The van der Waals surface area contributed by atoms with E-state index in [2.05, 4.69) is 0 Å². The number of rotatable bonds is 5. The van der Waals surface area contributed by atoms with E-state index in [4.69, 9.17) is 11.6 Å². The highest BCUT2D eigenvalue weighted by atomic mass is 35.5. The van der Waals surface area contributed by atoms with Crippen molar-refractivity contribution < 1.29 is 18.3 Å². The fourth-order valence-corrected chi connectivity index (χ4v) is 5.18. The summed E-state index contributed by atoms with van der Waals surface area (Å²) < 4.78 is 23.8. The zero-order chi connectivity index (χ0) is 22.3. The fraction of sp³-hybridized carbons (Fsp3) is 0.375. The van der Waals surface area contributed by atoms with Crippen LogP contribution in [0.2, 0.25) is 5.02 Å². The highest BCUT2D eigenvalue weighted by molar-refractivity contribution is 7.90. The first kappa shape index (κ1) is 22.6. The van der Waals surface area contributed by atoms with E-state index in [0.29, 0.717) is 27.3 Å². The first-order valence-electron chi connectivity index (χ1n) is 10.00. The number of halogens is 1. The summed E-state index contributed by atoms with van der Waals surface area (Å²) in [4.78, 5) is 12.7. The Morgan fingerprint density at radius 2 is 1.77 bits per heavy atom. The third-order valence-corrected chi connectivity index (χ3v) is 7.45. The molecule has 0 aromatic heterocycles. The maximum Gasteiger partial charge on any atom is 0.175 e. The van der Waals surface area contributed by atoms with Crippen LogP contribution in [0, 0.1) is 12.3 Å². The van der Waals surface area contributed by atoms with Crippen LogP contribution in [-0.4, -0.2) is 25.6 Å². The average Bonchev–Trinajstić information content (AvgIpc) is 3.11. The topological polar surface area (TPSA) is 71.4 Å². The van der Waals surface area contributed by atoms with E-state index in [-0.39, 0.29) is 16.4 Å². The molecule has 30 heavy (non-hydrogen) atoms. The third-order valence-electron chi connectivity index (χ3n) is 6.02. The van der Waals surface area contributed by atoms with E-state index >= 15 is 0 Å². The zero-order valence-electron chi connectivity index (χ0n) is 17.8. The van der Waals surface area contributed by atoms with Crippen molar-refractivity contribution in [3.63, 3.8) is 0 Å². The van der Waals surface area contributed by atoms with Crippen LogP contribution in [0.4, 0.5) is 0 Å². The van der Waals surface area contributed by atoms with Gasteiger partial charge < -0.3 is 5.11 Å². The van der Waals surface area contributed by atoms with Gasteiger partial charge in [-0.2, -0.15) is 0 Å². The minimum Gasteiger partial charge on any atom is -0.511 e. The number of Topliss-reactive ketones (excluding diaryl/α,β-unsaturated/α-hetero) is 1. The number of aryl methyl sites for hydroxylation is 1. The van der Waals surface area contributed by atoms with Gasteiger partial charge in [-0.3, -0.25) is 4.79 Å². The van der Waals surface area contributed by atoms with Gasteiger partial charge in [-0.05, 0) is 67.6 Å². The van der Waals surface area contributed by atoms with Crippen molar-refractivity contribution in [1.82, 2.24) is 0 Å². The minimum absolute atomic E-state index is 0.137. The molecule has 2 aromatic carbocycles. The Kier molecular flexibility index (Phi) is 6.17. The van der Waals surface area contributed by atoms with Crippen molar-refractivity contribution in [1.29, 1.82) is 0 Å². The molecule has 0 atom stereocenters. The number of hydrogen-bond donors (Lipinski definition) is 1. The Hall–Kier alpha value is -2.11. The van der Waals surface area contributed by atoms with Gasteiger partial charge in [-0.15, -0.1) is 0 Å². The molecule has 0 heterocycles. The van der Waals surface area contributed by atoms with Gasteiger partial charge in [0.2, 0.25) is 0 Å². The molecule has 0 bridgehead atoms. The predicted molar refractivity (Wildman–Crippen MR) is 122 cm³/mol. The summed E-state index contributed by atoms with van der Waals surface area (Å²) >= 11 is 6.59. The van der Waals surface area contributed by atoms with Crippen LogP contribution in [0.3, 0.4) is 0 Å². The number of benzene rings is 2. The molecule has 0 saturated heterocycles. The molecule has 2 aromatic rings. The van der Waals surface area contributed by atoms with E-state index in [1.807, 2.05) is 19.9 Å². The number of hydrogen-bond acceptors (Lipinski definition) is 4. The van der Waals surface area contributed by atoms with E-state index in [9.17, 15) is 18.3 Å². The quantitative estimate of drug-likeness (QED) is 0.441. The second-order valence-corrected chi connectivity index (χ2v) is 10.9. The van der Waals surface area contributed by atoms with Crippen LogP contribution in [-0.2, 0) is 14.6 Å². The van der Waals surface area contributed by atoms with Gasteiger partial charge in [0.15, 0.2) is 15.6 Å². The molecule has 0 unspecified atom stereocenters. The van der Waals surface area contributed by atoms with Gasteiger partial charge in [0.1, 0.15) is 5.76 Å².